The quantitative estimate of drug-likeness (QED) is 0.256. The second-order valence-corrected chi connectivity index (χ2v) is 21.7. The van der Waals surface area contributed by atoms with Crippen molar-refractivity contribution in [3.63, 3.8) is 0 Å². The van der Waals surface area contributed by atoms with Crippen molar-refractivity contribution in [1.29, 1.82) is 0 Å². The van der Waals surface area contributed by atoms with Gasteiger partial charge in [-0.3, -0.25) is 0 Å². The molecule has 2 aromatic carbocycles. The molecule has 0 amide bonds. The van der Waals surface area contributed by atoms with Gasteiger partial charge in [0.25, 0.3) is 0 Å². The molecule has 0 heterocycles. The second kappa shape index (κ2) is 20.7. The van der Waals surface area contributed by atoms with Crippen LogP contribution in [0.5, 0.6) is 11.5 Å². The van der Waals surface area contributed by atoms with Crippen LogP contribution in [0.2, 0.25) is 0 Å². The predicted octanol–water partition coefficient (Wildman–Crippen LogP) is 5.67. The van der Waals surface area contributed by atoms with E-state index in [0.717, 1.165) is 24.3 Å². The minimum absolute atomic E-state index is 0. The van der Waals surface area contributed by atoms with E-state index < -0.39 is 0 Å². The van der Waals surface area contributed by atoms with Crippen molar-refractivity contribution in [2.75, 3.05) is 14.2 Å². The number of hydrogen-bond donors (Lipinski definition) is 0. The molecule has 0 aliphatic rings. The van der Waals surface area contributed by atoms with Crippen molar-refractivity contribution in [2.24, 2.45) is 0 Å². The van der Waals surface area contributed by atoms with Crippen LogP contribution < -0.4 is 34.3 Å². The van der Waals surface area contributed by atoms with Crippen LogP contribution in [0.4, 0.5) is 0 Å². The van der Waals surface area contributed by atoms with E-state index in [4.69, 9.17) is 9.47 Å². The van der Waals surface area contributed by atoms with Gasteiger partial charge in [0, 0.05) is 0 Å². The van der Waals surface area contributed by atoms with Gasteiger partial charge in [-0.05, 0) is 68.9 Å². The molecule has 2 aromatic rings. The Bertz CT molecular complexity index is 942. The number of allylic oxidation sites excluding steroid dienone is 2. The average Bonchev–Trinajstić information content (AvgIpc) is 2.82. The van der Waals surface area contributed by atoms with E-state index in [1.165, 1.54) is 11.1 Å². The van der Waals surface area contributed by atoms with Crippen LogP contribution in [0.3, 0.4) is 0 Å². The van der Waals surface area contributed by atoms with Gasteiger partial charge in [0.2, 0.25) is 0 Å². The molecule has 7 heteroatoms. The number of methoxy groups -OCH3 is 2. The third-order valence-electron chi connectivity index (χ3n) is 6.43. The van der Waals surface area contributed by atoms with Crippen molar-refractivity contribution in [3.05, 3.63) is 83.4 Å². The van der Waals surface area contributed by atoms with Crippen molar-refractivity contribution >= 4 is 15.8 Å². The molecular weight excluding hydrogens is 704 g/mol. The molecule has 0 radical (unpaired) electrons. The monoisotopic (exact) mass is 760 g/mol. The Hall–Kier alpha value is -0.378. The fraction of sp³-hybridized carbons (Fsp3) is 0.556. The van der Waals surface area contributed by atoms with Crippen LogP contribution in [0.15, 0.2) is 72.3 Å². The Morgan fingerprint density at radius 2 is 0.721 bits per heavy atom. The normalized spacial score (nSPS) is 12.3. The minimum Gasteiger partial charge on any atom is -1.00 e. The summed E-state index contributed by atoms with van der Waals surface area (Å²) in [7, 11) is 3.10. The molecule has 0 aromatic heterocycles. The fourth-order valence-corrected chi connectivity index (χ4v) is 11.5. The van der Waals surface area contributed by atoms with Gasteiger partial charge in [-0.25, -0.2) is 0 Å². The van der Waals surface area contributed by atoms with Gasteiger partial charge in [-0.15, -0.1) is 0 Å². The van der Waals surface area contributed by atoms with E-state index in [2.05, 4.69) is 131 Å². The summed E-state index contributed by atoms with van der Waals surface area (Å²) in [6.45, 7) is 28.2. The molecule has 0 saturated heterocycles. The van der Waals surface area contributed by atoms with Gasteiger partial charge in [0.15, 0.2) is 0 Å². The van der Waals surface area contributed by atoms with Crippen LogP contribution in [-0.2, 0) is 33.3 Å². The fourth-order valence-electron chi connectivity index (χ4n) is 5.02. The summed E-state index contributed by atoms with van der Waals surface area (Å²) >= 11 is 0. The Kier molecular flexibility index (Phi) is 22.6. The summed E-state index contributed by atoms with van der Waals surface area (Å²) in [5.41, 5.74) is 2.67. The van der Waals surface area contributed by atoms with Crippen molar-refractivity contribution in [3.8, 4) is 11.5 Å². The van der Waals surface area contributed by atoms with Gasteiger partial charge in [-0.1, -0.05) is 147 Å². The summed E-state index contributed by atoms with van der Waals surface area (Å²) in [5, 5.41) is 1.40. The topological polar surface area (TPSA) is 18.5 Å². The molecule has 0 bridgehead atoms. The van der Waals surface area contributed by atoms with Crippen LogP contribution >= 0.6 is 15.8 Å². The molecule has 2 nitrogen and oxygen atoms in total. The molecule has 2 rings (SSSR count). The van der Waals surface area contributed by atoms with Crippen LogP contribution in [0.1, 0.15) is 94.2 Å². The van der Waals surface area contributed by atoms with E-state index >= 15 is 0 Å². The van der Waals surface area contributed by atoms with E-state index in [1.807, 2.05) is 24.3 Å². The van der Waals surface area contributed by atoms with Gasteiger partial charge in [-0.2, -0.15) is 0 Å². The first-order chi connectivity index (χ1) is 18.3. The van der Waals surface area contributed by atoms with E-state index in [1.54, 1.807) is 14.2 Å². The van der Waals surface area contributed by atoms with E-state index in [-0.39, 0.29) is 61.1 Å². The number of benzene rings is 2. The summed E-state index contributed by atoms with van der Waals surface area (Å²) in [6, 6.07) is 16.7. The molecule has 0 spiro atoms. The zero-order valence-corrected chi connectivity index (χ0v) is 34.0. The maximum Gasteiger partial charge on any atom is 2.00 e. The zero-order chi connectivity index (χ0) is 30.8. The first-order valence-electron chi connectivity index (χ1n) is 14.5. The zero-order valence-electron chi connectivity index (χ0n) is 29.1. The molecule has 0 unspecified atom stereocenters. The third kappa shape index (κ3) is 18.4. The number of rotatable bonds is 8. The Morgan fingerprint density at radius 1 is 0.488 bits per heavy atom. The molecule has 0 N–H and O–H groups in total. The molecule has 0 aliphatic carbocycles. The Morgan fingerprint density at radius 3 is 0.907 bits per heavy atom. The molecule has 0 atom stereocenters. The minimum atomic E-state index is -0.154. The standard InChI is InChI=1S/2C18H29OP.2ClH.Pd/c2*1-17(2,3)20(18(4,5)6)14-8-9-15-10-12-16(19-7)13-11-15;;;/h2*8,10-14H,9H2,1-7H3;2*1H;/q;;;;+2/p-2. The maximum absolute atomic E-state index is 5.19. The van der Waals surface area contributed by atoms with Gasteiger partial charge in [0.1, 0.15) is 11.5 Å². The van der Waals surface area contributed by atoms with E-state index in [0.29, 0.717) is 20.6 Å². The third-order valence-corrected chi connectivity index (χ3v) is 13.2. The Labute approximate surface area is 294 Å². The summed E-state index contributed by atoms with van der Waals surface area (Å²) < 4.78 is 10.4. The molecule has 43 heavy (non-hydrogen) atoms. The second-order valence-electron chi connectivity index (χ2n) is 14.3. The molecular formula is C36H58Cl2O2P2Pd. The van der Waals surface area contributed by atoms with Crippen molar-refractivity contribution in [2.45, 2.75) is 117 Å². The average molecular weight is 762 g/mol. The number of ether oxygens (including phenoxy) is 2. The summed E-state index contributed by atoms with van der Waals surface area (Å²) in [4.78, 5) is 0. The summed E-state index contributed by atoms with van der Waals surface area (Å²) in [5.74, 6) is 6.76. The van der Waals surface area contributed by atoms with Gasteiger partial charge >= 0.3 is 20.4 Å². The SMILES string of the molecule is COc1ccc(CC=CP(C(C)(C)C)C(C)(C)C)cc1.COc1ccc(CC=CP(C(C)(C)C)C(C)(C)C)cc1.[Cl-].[Cl-].[Pd+2]. The molecule has 0 aliphatic heterocycles. The Balaban J connectivity index is -0.000000696. The first-order valence-corrected chi connectivity index (χ1v) is 17.3. The van der Waals surface area contributed by atoms with Gasteiger partial charge in [0.05, 0.1) is 14.2 Å². The van der Waals surface area contributed by atoms with Crippen LogP contribution in [0, 0.1) is 0 Å². The maximum atomic E-state index is 5.19. The van der Waals surface area contributed by atoms with E-state index in [9.17, 15) is 0 Å². The number of hydrogen-bond acceptors (Lipinski definition) is 2. The number of halogens is 2. The first kappa shape index (κ1) is 47.0. The largest absolute Gasteiger partial charge is 2.00 e. The molecule has 0 fully saturated rings. The summed E-state index contributed by atoms with van der Waals surface area (Å²) in [6.07, 6.45) is 6.66. The van der Waals surface area contributed by atoms with Crippen molar-refractivity contribution in [1.82, 2.24) is 0 Å². The van der Waals surface area contributed by atoms with Crippen LogP contribution in [0.25, 0.3) is 0 Å². The van der Waals surface area contributed by atoms with Crippen molar-refractivity contribution < 1.29 is 54.7 Å². The van der Waals surface area contributed by atoms with Gasteiger partial charge < -0.3 is 34.3 Å². The smallest absolute Gasteiger partial charge is 1.00 e. The molecule has 248 valence electrons. The molecule has 0 saturated carbocycles. The van der Waals surface area contributed by atoms with Crippen LogP contribution in [-0.4, -0.2) is 34.8 Å². The predicted molar refractivity (Wildman–Crippen MR) is 185 cm³/mol.